The lowest BCUT2D eigenvalue weighted by atomic mass is 10.2. The maximum Gasteiger partial charge on any atom is 0.328 e. The molecule has 0 bridgehead atoms. The number of hydrogen-bond donors (Lipinski definition) is 2. The number of rotatable bonds is 6. The standard InChI is InChI=1S/C24H18N2O4S/c27-22(12-13-24(29)30)25-16-6-5-7-17(14-16)31-15-23(28)26-20-10-3-1-8-18(20)19-9-2-4-11-21(19)26/h1-14H,15H2,(H,25,27)(H,29,30)/b13-12+. The molecule has 0 unspecified atom stereocenters. The van der Waals surface area contributed by atoms with E-state index < -0.39 is 11.9 Å². The average molecular weight is 430 g/mol. The molecule has 31 heavy (non-hydrogen) atoms. The molecule has 0 saturated carbocycles. The number of carbonyl (C=O) groups is 3. The van der Waals surface area contributed by atoms with Crippen molar-refractivity contribution in [3.8, 4) is 0 Å². The first kappa shape index (κ1) is 20.4. The van der Waals surface area contributed by atoms with Gasteiger partial charge in [-0.25, -0.2) is 4.79 Å². The van der Waals surface area contributed by atoms with Crippen LogP contribution in [0.3, 0.4) is 0 Å². The second kappa shape index (κ2) is 8.89. The molecule has 0 aliphatic rings. The molecule has 0 atom stereocenters. The van der Waals surface area contributed by atoms with Crippen molar-refractivity contribution < 1.29 is 19.5 Å². The summed E-state index contributed by atoms with van der Waals surface area (Å²) in [5.74, 6) is -1.55. The summed E-state index contributed by atoms with van der Waals surface area (Å²) in [4.78, 5) is 36.2. The molecule has 154 valence electrons. The van der Waals surface area contributed by atoms with E-state index in [-0.39, 0.29) is 11.7 Å². The molecular formula is C24H18N2O4S. The van der Waals surface area contributed by atoms with Crippen LogP contribution in [-0.4, -0.2) is 33.2 Å². The summed E-state index contributed by atoms with van der Waals surface area (Å²) in [5.41, 5.74) is 2.27. The fourth-order valence-electron chi connectivity index (χ4n) is 3.40. The van der Waals surface area contributed by atoms with Crippen molar-refractivity contribution in [3.63, 3.8) is 0 Å². The SMILES string of the molecule is O=C(O)/C=C/C(=O)Nc1cccc(SCC(=O)n2c3ccccc3c3ccccc32)c1. The largest absolute Gasteiger partial charge is 0.478 e. The van der Waals surface area contributed by atoms with Crippen LogP contribution in [0.5, 0.6) is 0 Å². The van der Waals surface area contributed by atoms with Crippen molar-refractivity contribution in [3.05, 3.63) is 84.9 Å². The van der Waals surface area contributed by atoms with Gasteiger partial charge in [0.1, 0.15) is 0 Å². The molecule has 0 saturated heterocycles. The number of anilines is 1. The Hall–Kier alpha value is -3.84. The fraction of sp³-hybridized carbons (Fsp3) is 0.0417. The van der Waals surface area contributed by atoms with Crippen molar-refractivity contribution >= 4 is 57.0 Å². The van der Waals surface area contributed by atoms with Crippen LogP contribution >= 0.6 is 11.8 Å². The molecular weight excluding hydrogens is 412 g/mol. The van der Waals surface area contributed by atoms with Gasteiger partial charge in [-0.1, -0.05) is 42.5 Å². The third kappa shape index (κ3) is 4.51. The van der Waals surface area contributed by atoms with Crippen LogP contribution in [0.2, 0.25) is 0 Å². The minimum absolute atomic E-state index is 0.0405. The van der Waals surface area contributed by atoms with E-state index in [9.17, 15) is 14.4 Å². The van der Waals surface area contributed by atoms with Crippen LogP contribution < -0.4 is 5.32 Å². The molecule has 0 aliphatic heterocycles. The van der Waals surface area contributed by atoms with Crippen molar-refractivity contribution in [1.29, 1.82) is 0 Å². The van der Waals surface area contributed by atoms with Crippen LogP contribution in [0, 0.1) is 0 Å². The Balaban J connectivity index is 1.52. The molecule has 0 radical (unpaired) electrons. The molecule has 7 heteroatoms. The van der Waals surface area contributed by atoms with E-state index in [0.717, 1.165) is 38.9 Å². The van der Waals surface area contributed by atoms with E-state index in [2.05, 4.69) is 5.32 Å². The number of nitrogens with one attached hydrogen (secondary N) is 1. The topological polar surface area (TPSA) is 88.4 Å². The van der Waals surface area contributed by atoms with Crippen LogP contribution in [0.25, 0.3) is 21.8 Å². The summed E-state index contributed by atoms with van der Waals surface area (Å²) in [6.07, 6.45) is 1.73. The molecule has 0 fully saturated rings. The smallest absolute Gasteiger partial charge is 0.328 e. The van der Waals surface area contributed by atoms with Gasteiger partial charge in [0.2, 0.25) is 11.8 Å². The number of carboxylic acid groups (broad SMARTS) is 1. The van der Waals surface area contributed by atoms with Gasteiger partial charge >= 0.3 is 5.97 Å². The molecule has 1 amide bonds. The van der Waals surface area contributed by atoms with Gasteiger partial charge < -0.3 is 10.4 Å². The highest BCUT2D eigenvalue weighted by atomic mass is 32.2. The molecule has 2 N–H and O–H groups in total. The third-order valence-electron chi connectivity index (χ3n) is 4.67. The zero-order valence-corrected chi connectivity index (χ0v) is 17.1. The average Bonchev–Trinajstić information content (AvgIpc) is 3.11. The number of thioether (sulfide) groups is 1. The second-order valence-corrected chi connectivity index (χ2v) is 7.79. The maximum atomic E-state index is 13.1. The monoisotopic (exact) mass is 430 g/mol. The summed E-state index contributed by atoms with van der Waals surface area (Å²) in [6.45, 7) is 0. The zero-order chi connectivity index (χ0) is 21.8. The van der Waals surface area contributed by atoms with Gasteiger partial charge in [0.05, 0.1) is 16.8 Å². The molecule has 4 aromatic rings. The molecule has 3 aromatic carbocycles. The highest BCUT2D eigenvalue weighted by Crippen LogP contribution is 2.30. The summed E-state index contributed by atoms with van der Waals surface area (Å²) >= 11 is 1.37. The van der Waals surface area contributed by atoms with Gasteiger partial charge in [0.25, 0.3) is 0 Å². The first-order valence-electron chi connectivity index (χ1n) is 9.49. The number of hydrogen-bond acceptors (Lipinski definition) is 4. The lowest BCUT2D eigenvalue weighted by molar-refractivity contribution is -0.131. The molecule has 1 heterocycles. The Morgan fingerprint density at radius 3 is 2.16 bits per heavy atom. The Morgan fingerprint density at radius 1 is 0.871 bits per heavy atom. The van der Waals surface area contributed by atoms with Crippen LogP contribution in [0.1, 0.15) is 4.79 Å². The van der Waals surface area contributed by atoms with E-state index in [0.29, 0.717) is 5.69 Å². The summed E-state index contributed by atoms with van der Waals surface area (Å²) in [7, 11) is 0. The number of amides is 1. The highest BCUT2D eigenvalue weighted by Gasteiger charge is 2.15. The van der Waals surface area contributed by atoms with Crippen LogP contribution in [0.4, 0.5) is 5.69 Å². The lowest BCUT2D eigenvalue weighted by Crippen LogP contribution is -2.12. The van der Waals surface area contributed by atoms with Gasteiger partial charge in [-0.05, 0) is 30.3 Å². The predicted molar refractivity (Wildman–Crippen MR) is 123 cm³/mol. The van der Waals surface area contributed by atoms with E-state index in [1.165, 1.54) is 11.8 Å². The zero-order valence-electron chi connectivity index (χ0n) is 16.3. The summed E-state index contributed by atoms with van der Waals surface area (Å²) < 4.78 is 1.75. The van der Waals surface area contributed by atoms with E-state index in [1.54, 1.807) is 22.8 Å². The summed E-state index contributed by atoms with van der Waals surface area (Å²) in [6, 6.07) is 22.7. The number of aromatic nitrogens is 1. The normalized spacial score (nSPS) is 11.2. The van der Waals surface area contributed by atoms with E-state index in [1.807, 2.05) is 54.6 Å². The molecule has 1 aromatic heterocycles. The quantitative estimate of drug-likeness (QED) is 0.339. The number of nitrogens with zero attached hydrogens (tertiary/aromatic N) is 1. The van der Waals surface area contributed by atoms with Crippen LogP contribution in [-0.2, 0) is 9.59 Å². The number of fused-ring (bicyclic) bond motifs is 3. The van der Waals surface area contributed by atoms with Gasteiger partial charge in [0.15, 0.2) is 0 Å². The Bertz CT molecular complexity index is 1290. The Morgan fingerprint density at radius 2 is 1.52 bits per heavy atom. The van der Waals surface area contributed by atoms with E-state index >= 15 is 0 Å². The van der Waals surface area contributed by atoms with E-state index in [4.69, 9.17) is 5.11 Å². The molecule has 0 spiro atoms. The predicted octanol–water partition coefficient (Wildman–Crippen LogP) is 4.81. The highest BCUT2D eigenvalue weighted by molar-refractivity contribution is 8.00. The minimum atomic E-state index is -1.19. The number of carboxylic acids is 1. The number of para-hydroxylation sites is 2. The lowest BCUT2D eigenvalue weighted by Gasteiger charge is -2.08. The fourth-order valence-corrected chi connectivity index (χ4v) is 4.20. The number of aliphatic carboxylic acids is 1. The maximum absolute atomic E-state index is 13.1. The first-order valence-corrected chi connectivity index (χ1v) is 10.5. The second-order valence-electron chi connectivity index (χ2n) is 6.74. The summed E-state index contributed by atoms with van der Waals surface area (Å²) in [5, 5.41) is 13.3. The Kier molecular flexibility index (Phi) is 5.86. The van der Waals surface area contributed by atoms with Crippen molar-refractivity contribution in [2.75, 3.05) is 11.1 Å². The molecule has 6 nitrogen and oxygen atoms in total. The molecule has 0 aliphatic carbocycles. The van der Waals surface area contributed by atoms with Gasteiger partial charge in [-0.3, -0.25) is 14.2 Å². The van der Waals surface area contributed by atoms with Crippen LogP contribution in [0.15, 0.2) is 89.8 Å². The van der Waals surface area contributed by atoms with Crippen molar-refractivity contribution in [2.45, 2.75) is 4.90 Å². The van der Waals surface area contributed by atoms with Gasteiger partial charge in [-0.2, -0.15) is 0 Å². The van der Waals surface area contributed by atoms with Crippen molar-refractivity contribution in [1.82, 2.24) is 4.57 Å². The van der Waals surface area contributed by atoms with Crippen molar-refractivity contribution in [2.24, 2.45) is 0 Å². The van der Waals surface area contributed by atoms with Gasteiger partial charge in [0, 0.05) is 33.5 Å². The number of carbonyl (C=O) groups excluding carboxylic acids is 2. The first-order chi connectivity index (χ1) is 15.0. The minimum Gasteiger partial charge on any atom is -0.478 e. The van der Waals surface area contributed by atoms with Gasteiger partial charge in [-0.15, -0.1) is 11.8 Å². The number of benzene rings is 3. The third-order valence-corrected chi connectivity index (χ3v) is 5.65. The Labute approximate surface area is 182 Å². The molecule has 4 rings (SSSR count).